The summed E-state index contributed by atoms with van der Waals surface area (Å²) in [7, 11) is -3.89. The average Bonchev–Trinajstić information content (AvgIpc) is 2.67. The molecular formula is C23H23ClN2O3S. The number of hydrogen-bond donors (Lipinski definition) is 2. The van der Waals surface area contributed by atoms with Crippen LogP contribution in [0.3, 0.4) is 0 Å². The Hall–Kier alpha value is -2.67. The molecule has 1 amide bonds. The van der Waals surface area contributed by atoms with Gasteiger partial charge in [-0.1, -0.05) is 60.1 Å². The molecule has 0 aliphatic carbocycles. The number of halogens is 1. The molecule has 0 saturated heterocycles. The molecule has 3 rings (SSSR count). The summed E-state index contributed by atoms with van der Waals surface area (Å²) in [5.41, 5.74) is 1.96. The van der Waals surface area contributed by atoms with Gasteiger partial charge in [0.1, 0.15) is 4.90 Å². The van der Waals surface area contributed by atoms with E-state index in [1.54, 1.807) is 26.8 Å². The Morgan fingerprint density at radius 3 is 2.20 bits per heavy atom. The second-order valence-corrected chi connectivity index (χ2v) is 9.92. The van der Waals surface area contributed by atoms with Crippen molar-refractivity contribution in [2.45, 2.75) is 31.2 Å². The number of carbonyl (C=O) groups excluding carboxylic acids is 1. The van der Waals surface area contributed by atoms with E-state index in [2.05, 4.69) is 10.0 Å². The summed E-state index contributed by atoms with van der Waals surface area (Å²) in [4.78, 5) is 12.8. The van der Waals surface area contributed by atoms with Crippen LogP contribution in [0.5, 0.6) is 0 Å². The van der Waals surface area contributed by atoms with Gasteiger partial charge in [0, 0.05) is 22.4 Å². The van der Waals surface area contributed by atoms with Crippen LogP contribution in [0, 0.1) is 0 Å². The highest BCUT2D eigenvalue weighted by molar-refractivity contribution is 7.89. The monoisotopic (exact) mass is 442 g/mol. The Bertz CT molecular complexity index is 1170. The topological polar surface area (TPSA) is 75.3 Å². The fourth-order valence-electron chi connectivity index (χ4n) is 2.96. The first-order valence-electron chi connectivity index (χ1n) is 9.36. The van der Waals surface area contributed by atoms with E-state index >= 15 is 0 Å². The Morgan fingerprint density at radius 2 is 1.53 bits per heavy atom. The number of carbonyl (C=O) groups is 1. The standard InChI is InChI=1S/C23H23ClN2O3S/c1-23(2,3)26-30(28,29)21-15-17(13-14-19(21)24)22(27)25-20-12-8-7-11-18(20)16-9-5-4-6-10-16/h4-15,26H,1-3H3,(H,25,27). The van der Waals surface area contributed by atoms with Crippen LogP contribution in [-0.2, 0) is 10.0 Å². The first-order chi connectivity index (χ1) is 14.1. The molecule has 0 radical (unpaired) electrons. The van der Waals surface area contributed by atoms with Gasteiger partial charge in [0.05, 0.1) is 5.02 Å². The minimum atomic E-state index is -3.89. The van der Waals surface area contributed by atoms with Gasteiger partial charge in [-0.25, -0.2) is 13.1 Å². The SMILES string of the molecule is CC(C)(C)NS(=O)(=O)c1cc(C(=O)Nc2ccccc2-c2ccccc2)ccc1Cl. The van der Waals surface area contributed by atoms with Crippen molar-refractivity contribution in [1.29, 1.82) is 0 Å². The molecule has 0 fully saturated rings. The van der Waals surface area contributed by atoms with E-state index in [-0.39, 0.29) is 15.5 Å². The normalized spacial score (nSPS) is 11.9. The lowest BCUT2D eigenvalue weighted by Gasteiger charge is -2.21. The lowest BCUT2D eigenvalue weighted by atomic mass is 10.0. The number of benzene rings is 3. The highest BCUT2D eigenvalue weighted by atomic mass is 35.5. The molecule has 2 N–H and O–H groups in total. The first-order valence-corrected chi connectivity index (χ1v) is 11.2. The van der Waals surface area contributed by atoms with Crippen molar-refractivity contribution in [2.24, 2.45) is 0 Å². The fraction of sp³-hybridized carbons (Fsp3) is 0.174. The van der Waals surface area contributed by atoms with Gasteiger partial charge in [0.25, 0.3) is 5.91 Å². The number of amides is 1. The maximum absolute atomic E-state index is 12.9. The van der Waals surface area contributed by atoms with Crippen LogP contribution in [0.1, 0.15) is 31.1 Å². The summed E-state index contributed by atoms with van der Waals surface area (Å²) in [6.07, 6.45) is 0. The van der Waals surface area contributed by atoms with E-state index in [1.807, 2.05) is 48.5 Å². The number of anilines is 1. The minimum absolute atomic E-state index is 0.0491. The smallest absolute Gasteiger partial charge is 0.255 e. The molecule has 0 atom stereocenters. The van der Waals surface area contributed by atoms with Crippen LogP contribution < -0.4 is 10.0 Å². The van der Waals surface area contributed by atoms with Gasteiger partial charge in [0.15, 0.2) is 0 Å². The van der Waals surface area contributed by atoms with Gasteiger partial charge < -0.3 is 5.32 Å². The zero-order chi connectivity index (χ0) is 21.9. The zero-order valence-corrected chi connectivity index (χ0v) is 18.5. The molecule has 0 unspecified atom stereocenters. The van der Waals surface area contributed by atoms with Crippen LogP contribution in [-0.4, -0.2) is 19.9 Å². The summed E-state index contributed by atoms with van der Waals surface area (Å²) in [5.74, 6) is -0.428. The first kappa shape index (κ1) is 22.0. The maximum Gasteiger partial charge on any atom is 0.255 e. The van der Waals surface area contributed by atoms with E-state index in [0.717, 1.165) is 11.1 Å². The summed E-state index contributed by atoms with van der Waals surface area (Å²) in [6, 6.07) is 21.3. The molecule has 7 heteroatoms. The van der Waals surface area contributed by atoms with Crippen LogP contribution in [0.4, 0.5) is 5.69 Å². The Balaban J connectivity index is 1.93. The largest absolute Gasteiger partial charge is 0.321 e. The predicted octanol–water partition coefficient (Wildman–Crippen LogP) is 5.34. The minimum Gasteiger partial charge on any atom is -0.321 e. The van der Waals surface area contributed by atoms with Crippen LogP contribution in [0.2, 0.25) is 5.02 Å². The second-order valence-electron chi connectivity index (χ2n) is 7.87. The van der Waals surface area contributed by atoms with Crippen LogP contribution in [0.15, 0.2) is 77.7 Å². The van der Waals surface area contributed by atoms with Crippen LogP contribution in [0.25, 0.3) is 11.1 Å². The third kappa shape index (κ3) is 5.27. The van der Waals surface area contributed by atoms with E-state index in [0.29, 0.717) is 5.69 Å². The predicted molar refractivity (Wildman–Crippen MR) is 121 cm³/mol. The summed E-state index contributed by atoms with van der Waals surface area (Å²) in [5, 5.41) is 2.92. The van der Waals surface area contributed by atoms with Crippen molar-refractivity contribution in [3.63, 3.8) is 0 Å². The van der Waals surface area contributed by atoms with E-state index in [4.69, 9.17) is 11.6 Å². The third-order valence-corrected chi connectivity index (χ3v) is 6.42. The molecular weight excluding hydrogens is 420 g/mol. The molecule has 0 saturated carbocycles. The Morgan fingerprint density at radius 1 is 0.900 bits per heavy atom. The summed E-state index contributed by atoms with van der Waals surface area (Å²) in [6.45, 7) is 5.20. The van der Waals surface area contributed by atoms with Crippen molar-refractivity contribution in [3.05, 3.63) is 83.4 Å². The number of para-hydroxylation sites is 1. The van der Waals surface area contributed by atoms with E-state index in [9.17, 15) is 13.2 Å². The Labute approximate surface area is 182 Å². The molecule has 3 aromatic rings. The molecule has 30 heavy (non-hydrogen) atoms. The third-order valence-electron chi connectivity index (χ3n) is 4.18. The van der Waals surface area contributed by atoms with Gasteiger partial charge in [0.2, 0.25) is 10.0 Å². The second kappa shape index (κ2) is 8.60. The lowest BCUT2D eigenvalue weighted by molar-refractivity contribution is 0.102. The average molecular weight is 443 g/mol. The molecule has 0 aliphatic rings. The van der Waals surface area contributed by atoms with Gasteiger partial charge in [-0.2, -0.15) is 0 Å². The molecule has 0 aromatic heterocycles. The molecule has 5 nitrogen and oxygen atoms in total. The quantitative estimate of drug-likeness (QED) is 0.560. The van der Waals surface area contributed by atoms with Crippen molar-refractivity contribution in [3.8, 4) is 11.1 Å². The van der Waals surface area contributed by atoms with E-state index < -0.39 is 21.5 Å². The number of hydrogen-bond acceptors (Lipinski definition) is 3. The molecule has 3 aromatic carbocycles. The molecule has 0 heterocycles. The number of rotatable bonds is 5. The number of nitrogens with one attached hydrogen (secondary N) is 2. The lowest BCUT2D eigenvalue weighted by Crippen LogP contribution is -2.40. The van der Waals surface area contributed by atoms with Crippen molar-refractivity contribution in [1.82, 2.24) is 4.72 Å². The van der Waals surface area contributed by atoms with Gasteiger partial charge >= 0.3 is 0 Å². The summed E-state index contributed by atoms with van der Waals surface area (Å²) < 4.78 is 28.0. The molecule has 156 valence electrons. The molecule has 0 aliphatic heterocycles. The zero-order valence-electron chi connectivity index (χ0n) is 16.9. The Kier molecular flexibility index (Phi) is 6.31. The molecule has 0 bridgehead atoms. The van der Waals surface area contributed by atoms with Crippen molar-refractivity contribution >= 4 is 33.2 Å². The molecule has 0 spiro atoms. The fourth-order valence-corrected chi connectivity index (χ4v) is 4.91. The van der Waals surface area contributed by atoms with Gasteiger partial charge in [-0.15, -0.1) is 0 Å². The van der Waals surface area contributed by atoms with Crippen LogP contribution >= 0.6 is 11.6 Å². The maximum atomic E-state index is 12.9. The highest BCUT2D eigenvalue weighted by Gasteiger charge is 2.25. The number of sulfonamides is 1. The summed E-state index contributed by atoms with van der Waals surface area (Å²) >= 11 is 6.13. The van der Waals surface area contributed by atoms with Crippen molar-refractivity contribution < 1.29 is 13.2 Å². The van der Waals surface area contributed by atoms with Crippen molar-refractivity contribution in [2.75, 3.05) is 5.32 Å². The van der Waals surface area contributed by atoms with E-state index in [1.165, 1.54) is 18.2 Å². The van der Waals surface area contributed by atoms with Gasteiger partial charge in [-0.05, 0) is 50.6 Å². The van der Waals surface area contributed by atoms with Gasteiger partial charge in [-0.3, -0.25) is 4.79 Å². The highest BCUT2D eigenvalue weighted by Crippen LogP contribution is 2.29.